The summed E-state index contributed by atoms with van der Waals surface area (Å²) < 4.78 is 0. The lowest BCUT2D eigenvalue weighted by Crippen LogP contribution is -2.48. The predicted octanol–water partition coefficient (Wildman–Crippen LogP) is 2.29. The molecular formula is C24H28N8O. The zero-order chi connectivity index (χ0) is 22.6. The number of carbonyl (C=O) groups excluding carboxylic acids is 1. The maximum atomic E-state index is 13.1. The number of pyridine rings is 1. The number of benzene rings is 1. The molecule has 170 valence electrons. The van der Waals surface area contributed by atoms with Gasteiger partial charge in [-0.3, -0.25) is 14.8 Å². The van der Waals surface area contributed by atoms with Gasteiger partial charge < -0.3 is 21.7 Å². The molecule has 3 heterocycles. The fourth-order valence-electron chi connectivity index (χ4n) is 4.31. The van der Waals surface area contributed by atoms with Crippen molar-refractivity contribution in [2.24, 2.45) is 15.8 Å². The number of nitrogens with two attached hydrogens (primary N) is 1. The molecule has 0 bridgehead atoms. The van der Waals surface area contributed by atoms with Gasteiger partial charge in [0.25, 0.3) is 5.91 Å². The van der Waals surface area contributed by atoms with Crippen molar-refractivity contribution in [3.8, 4) is 0 Å². The number of nitrogens with one attached hydrogen (secondary N) is 3. The number of anilines is 2. The zero-order valence-electron chi connectivity index (χ0n) is 18.3. The van der Waals surface area contributed by atoms with Gasteiger partial charge in [-0.1, -0.05) is 18.2 Å². The van der Waals surface area contributed by atoms with Crippen molar-refractivity contribution in [3.05, 3.63) is 66.6 Å². The van der Waals surface area contributed by atoms with Crippen LogP contribution in [0.2, 0.25) is 0 Å². The molecule has 1 aromatic carbocycles. The molecular weight excluding hydrogens is 416 g/mol. The van der Waals surface area contributed by atoms with E-state index < -0.39 is 6.04 Å². The maximum absolute atomic E-state index is 13.1. The third-order valence-corrected chi connectivity index (χ3v) is 6.09. The van der Waals surface area contributed by atoms with Crippen LogP contribution in [0.25, 0.3) is 0 Å². The summed E-state index contributed by atoms with van der Waals surface area (Å²) in [6, 6.07) is 13.5. The summed E-state index contributed by atoms with van der Waals surface area (Å²) in [5.41, 5.74) is 8.52. The van der Waals surface area contributed by atoms with Crippen LogP contribution in [0.5, 0.6) is 0 Å². The fraction of sp³-hybridized carbons (Fsp3) is 0.333. The summed E-state index contributed by atoms with van der Waals surface area (Å²) in [5.74, 6) is 1.22. The first kappa shape index (κ1) is 21.1. The topological polar surface area (TPSA) is 120 Å². The molecule has 1 atom stereocenters. The van der Waals surface area contributed by atoms with Crippen LogP contribution in [0.15, 0.2) is 76.7 Å². The van der Waals surface area contributed by atoms with E-state index in [1.807, 2.05) is 36.4 Å². The first-order chi connectivity index (χ1) is 16.2. The number of carbonyl (C=O) groups is 1. The Kier molecular flexibility index (Phi) is 6.03. The van der Waals surface area contributed by atoms with Crippen molar-refractivity contribution in [2.75, 3.05) is 17.2 Å². The standard InChI is InChI=1S/C24H28N8O/c25-16-6-8-18(9-7-16)29-22-14-20(28-17-4-2-1-3-5-17)23-27-15-21(32(23)31-22)24(33)30-19-10-12-26-13-11-19/h1-5,10-14,16,18,21,28H,6-9,15,25H2,(H,29,31)(H,26,30,33)/t16-,18-,21?. The molecule has 1 fully saturated rings. The highest BCUT2D eigenvalue weighted by atomic mass is 16.2. The van der Waals surface area contributed by atoms with Crippen LogP contribution in [0.3, 0.4) is 0 Å². The summed E-state index contributed by atoms with van der Waals surface area (Å²) in [6.45, 7) is 0.328. The highest BCUT2D eigenvalue weighted by Crippen LogP contribution is 2.24. The molecule has 1 unspecified atom stereocenters. The molecule has 1 amide bonds. The highest BCUT2D eigenvalue weighted by molar-refractivity contribution is 6.13. The van der Waals surface area contributed by atoms with Gasteiger partial charge in [0.05, 0.1) is 12.2 Å². The number of hydrogen-bond acceptors (Lipinski definition) is 8. The second-order valence-electron chi connectivity index (χ2n) is 8.54. The first-order valence-corrected chi connectivity index (χ1v) is 11.3. The number of amidine groups is 2. The van der Waals surface area contributed by atoms with E-state index >= 15 is 0 Å². The summed E-state index contributed by atoms with van der Waals surface area (Å²) in [5, 5.41) is 16.4. The molecule has 2 aliphatic heterocycles. The van der Waals surface area contributed by atoms with E-state index in [1.54, 1.807) is 29.5 Å². The number of hydrogen-bond donors (Lipinski definition) is 4. The molecule has 33 heavy (non-hydrogen) atoms. The minimum Gasteiger partial charge on any atom is -0.366 e. The molecule has 1 saturated carbocycles. The third kappa shape index (κ3) is 4.88. The van der Waals surface area contributed by atoms with Crippen molar-refractivity contribution < 1.29 is 4.79 Å². The molecule has 9 heteroatoms. The van der Waals surface area contributed by atoms with Gasteiger partial charge in [-0.25, -0.2) is 5.01 Å². The lowest BCUT2D eigenvalue weighted by Gasteiger charge is -2.31. The van der Waals surface area contributed by atoms with E-state index in [9.17, 15) is 4.79 Å². The Hall–Kier alpha value is -3.72. The van der Waals surface area contributed by atoms with E-state index in [1.165, 1.54) is 0 Å². The van der Waals surface area contributed by atoms with Gasteiger partial charge in [0, 0.05) is 41.9 Å². The largest absolute Gasteiger partial charge is 0.366 e. The minimum atomic E-state index is -0.536. The number of aliphatic imine (C=N–C) groups is 1. The minimum absolute atomic E-state index is 0.160. The van der Waals surface area contributed by atoms with Crippen LogP contribution in [0, 0.1) is 0 Å². The first-order valence-electron chi connectivity index (χ1n) is 11.3. The predicted molar refractivity (Wildman–Crippen MR) is 130 cm³/mol. The van der Waals surface area contributed by atoms with Gasteiger partial charge in [0.1, 0.15) is 5.84 Å². The fourth-order valence-corrected chi connectivity index (χ4v) is 4.31. The molecule has 0 spiro atoms. The van der Waals surface area contributed by atoms with Gasteiger partial charge in [0.2, 0.25) is 0 Å². The number of rotatable bonds is 5. The normalized spacial score (nSPS) is 24.2. The van der Waals surface area contributed by atoms with Gasteiger partial charge >= 0.3 is 0 Å². The van der Waals surface area contributed by atoms with E-state index in [0.717, 1.165) is 42.9 Å². The van der Waals surface area contributed by atoms with Crippen molar-refractivity contribution >= 4 is 29.0 Å². The molecule has 9 nitrogen and oxygen atoms in total. The second kappa shape index (κ2) is 9.41. The average Bonchev–Trinajstić information content (AvgIpc) is 3.26. The van der Waals surface area contributed by atoms with Crippen molar-refractivity contribution in [1.82, 2.24) is 15.3 Å². The molecule has 3 aliphatic rings. The molecule has 5 N–H and O–H groups in total. The second-order valence-corrected chi connectivity index (χ2v) is 8.54. The van der Waals surface area contributed by atoms with Crippen LogP contribution in [-0.2, 0) is 4.79 Å². The van der Waals surface area contributed by atoms with Gasteiger partial charge in [-0.15, -0.1) is 0 Å². The Morgan fingerprint density at radius 1 is 1.00 bits per heavy atom. The Morgan fingerprint density at radius 2 is 1.76 bits per heavy atom. The molecule has 2 aromatic rings. The number of nitrogens with zero attached hydrogens (tertiary/aromatic N) is 4. The molecule has 1 aliphatic carbocycles. The van der Waals surface area contributed by atoms with Crippen LogP contribution < -0.4 is 21.7 Å². The number of amides is 1. The quantitative estimate of drug-likeness (QED) is 0.562. The average molecular weight is 445 g/mol. The third-order valence-electron chi connectivity index (χ3n) is 6.09. The Labute approximate surface area is 192 Å². The SMILES string of the molecule is N[C@H]1CC[C@H](NC2=NN3C(=NCC3C(=O)Nc3ccncc3)C(Nc3ccccc3)=C2)CC1. The summed E-state index contributed by atoms with van der Waals surface area (Å²) in [4.78, 5) is 21.7. The van der Waals surface area contributed by atoms with Gasteiger partial charge in [0.15, 0.2) is 11.9 Å². The van der Waals surface area contributed by atoms with E-state index in [0.29, 0.717) is 24.1 Å². The van der Waals surface area contributed by atoms with Crippen LogP contribution >= 0.6 is 0 Å². The zero-order valence-corrected chi connectivity index (χ0v) is 18.3. The molecule has 0 radical (unpaired) electrons. The number of fused-ring (bicyclic) bond motifs is 1. The van der Waals surface area contributed by atoms with Crippen molar-refractivity contribution in [1.29, 1.82) is 0 Å². The molecule has 0 saturated heterocycles. The van der Waals surface area contributed by atoms with Crippen molar-refractivity contribution in [2.45, 2.75) is 43.8 Å². The highest BCUT2D eigenvalue weighted by Gasteiger charge is 2.38. The van der Waals surface area contributed by atoms with Crippen LogP contribution in [0.1, 0.15) is 25.7 Å². The monoisotopic (exact) mass is 444 g/mol. The van der Waals surface area contributed by atoms with E-state index in [2.05, 4.69) is 25.9 Å². The van der Waals surface area contributed by atoms with Gasteiger partial charge in [-0.2, -0.15) is 5.10 Å². The Morgan fingerprint density at radius 3 is 2.52 bits per heavy atom. The van der Waals surface area contributed by atoms with Crippen molar-refractivity contribution in [3.63, 3.8) is 0 Å². The smallest absolute Gasteiger partial charge is 0.251 e. The number of para-hydroxylation sites is 1. The summed E-state index contributed by atoms with van der Waals surface area (Å²) in [6.07, 6.45) is 9.26. The number of aromatic nitrogens is 1. The summed E-state index contributed by atoms with van der Waals surface area (Å²) >= 11 is 0. The lowest BCUT2D eigenvalue weighted by molar-refractivity contribution is -0.119. The van der Waals surface area contributed by atoms with E-state index in [-0.39, 0.29) is 11.9 Å². The lowest BCUT2D eigenvalue weighted by atomic mass is 9.92. The molecule has 5 rings (SSSR count). The number of hydrazone groups is 1. The van der Waals surface area contributed by atoms with Gasteiger partial charge in [-0.05, 0) is 49.9 Å². The molecule has 1 aromatic heterocycles. The Bertz CT molecular complexity index is 1070. The van der Waals surface area contributed by atoms with Crippen LogP contribution in [-0.4, -0.2) is 52.2 Å². The Balaban J connectivity index is 1.37. The van der Waals surface area contributed by atoms with Crippen LogP contribution in [0.4, 0.5) is 11.4 Å². The van der Waals surface area contributed by atoms with E-state index in [4.69, 9.17) is 10.8 Å². The maximum Gasteiger partial charge on any atom is 0.251 e. The summed E-state index contributed by atoms with van der Waals surface area (Å²) in [7, 11) is 0.